The minimum atomic E-state index is -0.725. The average Bonchev–Trinajstić information content (AvgIpc) is 2.95. The highest BCUT2D eigenvalue weighted by atomic mass is 15.3. The van der Waals surface area contributed by atoms with Crippen LogP contribution in [0.3, 0.4) is 0 Å². The molecule has 4 nitrogen and oxygen atoms in total. The number of aryl methyl sites for hydroxylation is 1. The smallest absolute Gasteiger partial charge is 0.126 e. The van der Waals surface area contributed by atoms with Crippen molar-refractivity contribution in [3.63, 3.8) is 0 Å². The molecule has 1 unspecified atom stereocenters. The Labute approximate surface area is 83.3 Å². The summed E-state index contributed by atoms with van der Waals surface area (Å²) in [6, 6.07) is 4.14. The van der Waals surface area contributed by atoms with Gasteiger partial charge in [-0.3, -0.25) is 4.68 Å². The fraction of sp³-hybridized carbons (Fsp3) is 0.600. The highest BCUT2D eigenvalue weighted by Gasteiger charge is 2.43. The van der Waals surface area contributed by atoms with Crippen molar-refractivity contribution in [2.24, 2.45) is 11.7 Å². The van der Waals surface area contributed by atoms with Crippen LogP contribution >= 0.6 is 0 Å². The summed E-state index contributed by atoms with van der Waals surface area (Å²) in [7, 11) is 0. The van der Waals surface area contributed by atoms with Gasteiger partial charge in [-0.25, -0.2) is 0 Å². The van der Waals surface area contributed by atoms with Crippen LogP contribution in [0.5, 0.6) is 0 Å². The molecule has 0 spiro atoms. The van der Waals surface area contributed by atoms with Gasteiger partial charge in [0.25, 0.3) is 0 Å². The van der Waals surface area contributed by atoms with Gasteiger partial charge in [0.15, 0.2) is 0 Å². The largest absolute Gasteiger partial charge is 0.312 e. The van der Waals surface area contributed by atoms with Gasteiger partial charge in [-0.2, -0.15) is 10.4 Å². The Morgan fingerprint density at radius 1 is 1.79 bits per heavy atom. The summed E-state index contributed by atoms with van der Waals surface area (Å²) in [5.41, 5.74) is 6.37. The Morgan fingerprint density at radius 3 is 2.93 bits per heavy atom. The predicted molar refractivity (Wildman–Crippen MR) is 52.2 cm³/mol. The van der Waals surface area contributed by atoms with Gasteiger partial charge in [0.2, 0.25) is 0 Å². The van der Waals surface area contributed by atoms with E-state index in [0.717, 1.165) is 18.5 Å². The summed E-state index contributed by atoms with van der Waals surface area (Å²) in [5, 5.41) is 13.2. The van der Waals surface area contributed by atoms with E-state index in [1.54, 1.807) is 6.20 Å². The van der Waals surface area contributed by atoms with Crippen molar-refractivity contribution < 1.29 is 0 Å². The fourth-order valence-corrected chi connectivity index (χ4v) is 1.67. The number of nitrogens with zero attached hydrogens (tertiary/aromatic N) is 3. The molecule has 1 aromatic rings. The first-order chi connectivity index (χ1) is 6.65. The van der Waals surface area contributed by atoms with Crippen molar-refractivity contribution in [3.8, 4) is 6.07 Å². The Balaban J connectivity index is 2.16. The molecule has 0 amide bonds. The van der Waals surface area contributed by atoms with Crippen LogP contribution in [-0.2, 0) is 6.54 Å². The normalized spacial score (nSPS) is 20.1. The minimum absolute atomic E-state index is 0.357. The molecule has 1 aromatic heterocycles. The molecule has 0 radical (unpaired) electrons. The van der Waals surface area contributed by atoms with Gasteiger partial charge in [0.05, 0.1) is 12.6 Å². The Hall–Kier alpha value is -1.34. The summed E-state index contributed by atoms with van der Waals surface area (Å²) in [5.74, 6) is 0.357. The summed E-state index contributed by atoms with van der Waals surface area (Å²) in [6.45, 7) is 2.48. The zero-order valence-corrected chi connectivity index (χ0v) is 8.27. The van der Waals surface area contributed by atoms with Crippen molar-refractivity contribution in [2.45, 2.75) is 31.8 Å². The van der Waals surface area contributed by atoms with Crippen LogP contribution in [-0.4, -0.2) is 15.3 Å². The molecule has 2 N–H and O–H groups in total. The number of hydrogen-bond acceptors (Lipinski definition) is 3. The predicted octanol–water partition coefficient (Wildman–Crippen LogP) is 0.823. The Bertz CT molecular complexity index is 372. The highest BCUT2D eigenvalue weighted by molar-refractivity contribution is 5.14. The third-order valence-corrected chi connectivity index (χ3v) is 2.85. The second-order valence-electron chi connectivity index (χ2n) is 4.06. The molecule has 14 heavy (non-hydrogen) atoms. The maximum Gasteiger partial charge on any atom is 0.126 e. The lowest BCUT2D eigenvalue weighted by Crippen LogP contribution is -2.45. The quantitative estimate of drug-likeness (QED) is 0.767. The number of rotatable bonds is 3. The first kappa shape index (κ1) is 9.22. The van der Waals surface area contributed by atoms with E-state index in [0.29, 0.717) is 12.5 Å². The molecule has 2 rings (SSSR count). The lowest BCUT2D eigenvalue weighted by molar-refractivity contribution is 0.380. The third-order valence-electron chi connectivity index (χ3n) is 2.85. The van der Waals surface area contributed by atoms with Crippen molar-refractivity contribution in [2.75, 3.05) is 0 Å². The molecule has 0 aliphatic heterocycles. The summed E-state index contributed by atoms with van der Waals surface area (Å²) >= 11 is 0. The van der Waals surface area contributed by atoms with Crippen LogP contribution in [0.1, 0.15) is 18.5 Å². The van der Waals surface area contributed by atoms with E-state index in [-0.39, 0.29) is 0 Å². The Morgan fingerprint density at radius 2 is 2.50 bits per heavy atom. The molecule has 0 aromatic carbocycles. The molecule has 1 atom stereocenters. The number of nitriles is 1. The zero-order chi connectivity index (χ0) is 10.2. The van der Waals surface area contributed by atoms with Crippen LogP contribution in [0.2, 0.25) is 0 Å². The van der Waals surface area contributed by atoms with Crippen LogP contribution in [0.15, 0.2) is 12.3 Å². The average molecular weight is 190 g/mol. The van der Waals surface area contributed by atoms with Crippen molar-refractivity contribution in [3.05, 3.63) is 18.0 Å². The van der Waals surface area contributed by atoms with Crippen LogP contribution in [0.25, 0.3) is 0 Å². The molecule has 4 heteroatoms. The molecular formula is C10H14N4. The van der Waals surface area contributed by atoms with Crippen LogP contribution in [0.4, 0.5) is 0 Å². The molecular weight excluding hydrogens is 176 g/mol. The number of aromatic nitrogens is 2. The molecule has 0 saturated heterocycles. The van der Waals surface area contributed by atoms with E-state index in [4.69, 9.17) is 11.0 Å². The van der Waals surface area contributed by atoms with E-state index < -0.39 is 5.54 Å². The van der Waals surface area contributed by atoms with Crippen molar-refractivity contribution >= 4 is 0 Å². The molecule has 1 saturated carbocycles. The molecule has 1 aliphatic rings. The van der Waals surface area contributed by atoms with E-state index in [1.807, 2.05) is 17.7 Å². The van der Waals surface area contributed by atoms with Gasteiger partial charge >= 0.3 is 0 Å². The van der Waals surface area contributed by atoms with Gasteiger partial charge in [-0.05, 0) is 31.7 Å². The molecule has 74 valence electrons. The maximum atomic E-state index is 9.07. The first-order valence-corrected chi connectivity index (χ1v) is 4.84. The second kappa shape index (κ2) is 3.10. The minimum Gasteiger partial charge on any atom is -0.312 e. The first-order valence-electron chi connectivity index (χ1n) is 4.84. The Kier molecular flexibility index (Phi) is 2.05. The summed E-state index contributed by atoms with van der Waals surface area (Å²) in [6.07, 6.45) is 3.88. The third kappa shape index (κ3) is 1.51. The van der Waals surface area contributed by atoms with Gasteiger partial charge in [-0.15, -0.1) is 0 Å². The van der Waals surface area contributed by atoms with Crippen molar-refractivity contribution in [1.29, 1.82) is 5.26 Å². The lowest BCUT2D eigenvalue weighted by atomic mass is 9.96. The number of nitrogens with two attached hydrogens (primary N) is 1. The summed E-state index contributed by atoms with van der Waals surface area (Å²) < 4.78 is 1.81. The second-order valence-corrected chi connectivity index (χ2v) is 4.06. The topological polar surface area (TPSA) is 67.6 Å². The summed E-state index contributed by atoms with van der Waals surface area (Å²) in [4.78, 5) is 0. The van der Waals surface area contributed by atoms with E-state index in [1.165, 1.54) is 0 Å². The lowest BCUT2D eigenvalue weighted by Gasteiger charge is -2.21. The fourth-order valence-electron chi connectivity index (χ4n) is 1.67. The molecule has 1 fully saturated rings. The van der Waals surface area contributed by atoms with Crippen LogP contribution < -0.4 is 5.73 Å². The van der Waals surface area contributed by atoms with Gasteiger partial charge in [0.1, 0.15) is 5.54 Å². The zero-order valence-electron chi connectivity index (χ0n) is 8.27. The maximum absolute atomic E-state index is 9.07. The van der Waals surface area contributed by atoms with Crippen LogP contribution in [0, 0.1) is 24.2 Å². The number of hydrogen-bond donors (Lipinski definition) is 1. The van der Waals surface area contributed by atoms with Crippen molar-refractivity contribution in [1.82, 2.24) is 9.78 Å². The standard InChI is InChI=1S/C10H14N4/c1-8-4-5-13-14(8)7-10(12,6-11)9-2-3-9/h4-5,9H,2-3,7,12H2,1H3. The monoisotopic (exact) mass is 190 g/mol. The molecule has 1 aliphatic carbocycles. The molecule has 0 bridgehead atoms. The van der Waals surface area contributed by atoms with E-state index >= 15 is 0 Å². The van der Waals surface area contributed by atoms with E-state index in [9.17, 15) is 0 Å². The highest BCUT2D eigenvalue weighted by Crippen LogP contribution is 2.38. The molecule has 1 heterocycles. The van der Waals surface area contributed by atoms with E-state index in [2.05, 4.69) is 11.2 Å². The van der Waals surface area contributed by atoms with Gasteiger partial charge in [-0.1, -0.05) is 0 Å². The SMILES string of the molecule is Cc1ccnn1CC(N)(C#N)C1CC1. The van der Waals surface area contributed by atoms with Gasteiger partial charge < -0.3 is 5.73 Å². The van der Waals surface area contributed by atoms with Gasteiger partial charge in [0, 0.05) is 11.9 Å².